The molecule has 2 aromatic carbocycles. The largest absolute Gasteiger partial charge is 0.444 e. The quantitative estimate of drug-likeness (QED) is 0.392. The molecule has 196 valence electrons. The molecule has 1 fully saturated rings. The molecule has 0 spiro atoms. The van der Waals surface area contributed by atoms with Crippen molar-refractivity contribution in [3.05, 3.63) is 90.8 Å². The van der Waals surface area contributed by atoms with Crippen LogP contribution >= 0.6 is 0 Å². The fourth-order valence-electron chi connectivity index (χ4n) is 5.46. The molecule has 0 saturated carbocycles. The number of carbonyl (C=O) groups excluding carboxylic acids is 1. The molecule has 0 N–H and O–H groups in total. The molecular weight excluding hydrogens is 476 g/mol. The van der Waals surface area contributed by atoms with Crippen LogP contribution in [0.2, 0.25) is 5.04 Å². The predicted molar refractivity (Wildman–Crippen MR) is 152 cm³/mol. The Morgan fingerprint density at radius 3 is 2.00 bits per heavy atom. The van der Waals surface area contributed by atoms with Crippen LogP contribution in [0.25, 0.3) is 0 Å². The second-order valence-electron chi connectivity index (χ2n) is 12.0. The SMILES string of the molecule is CC(C)(C)OC(=O)N1C[C@H](c2cccnc2)C[C@@H]1CO[Si](c1ccccc1)(c1ccccc1)C(C)(C)C. The molecule has 6 heteroatoms. The summed E-state index contributed by atoms with van der Waals surface area (Å²) in [6.07, 6.45) is 4.22. The highest BCUT2D eigenvalue weighted by Gasteiger charge is 2.51. The topological polar surface area (TPSA) is 51.7 Å². The van der Waals surface area contributed by atoms with Crippen molar-refractivity contribution in [2.24, 2.45) is 0 Å². The highest BCUT2D eigenvalue weighted by Crippen LogP contribution is 2.39. The van der Waals surface area contributed by atoms with Crippen LogP contribution < -0.4 is 10.4 Å². The lowest BCUT2D eigenvalue weighted by Gasteiger charge is -2.44. The second-order valence-corrected chi connectivity index (χ2v) is 16.3. The zero-order valence-electron chi connectivity index (χ0n) is 23.0. The van der Waals surface area contributed by atoms with E-state index in [1.165, 1.54) is 10.4 Å². The van der Waals surface area contributed by atoms with Crippen molar-refractivity contribution >= 4 is 24.8 Å². The van der Waals surface area contributed by atoms with Crippen molar-refractivity contribution in [2.45, 2.75) is 70.6 Å². The lowest BCUT2D eigenvalue weighted by molar-refractivity contribution is 0.0182. The summed E-state index contributed by atoms with van der Waals surface area (Å²) >= 11 is 0. The molecule has 5 nitrogen and oxygen atoms in total. The molecule has 1 aliphatic rings. The van der Waals surface area contributed by atoms with E-state index in [4.69, 9.17) is 9.16 Å². The number of carbonyl (C=O) groups is 1. The third-order valence-corrected chi connectivity index (χ3v) is 12.1. The van der Waals surface area contributed by atoms with Gasteiger partial charge in [-0.15, -0.1) is 0 Å². The maximum atomic E-state index is 13.4. The highest BCUT2D eigenvalue weighted by atomic mass is 28.4. The van der Waals surface area contributed by atoms with Gasteiger partial charge < -0.3 is 14.1 Å². The van der Waals surface area contributed by atoms with Gasteiger partial charge in [0.05, 0.1) is 12.6 Å². The van der Waals surface area contributed by atoms with E-state index in [1.807, 2.05) is 37.9 Å². The molecule has 0 unspecified atom stereocenters. The second kappa shape index (κ2) is 10.8. The molecule has 1 aliphatic heterocycles. The van der Waals surface area contributed by atoms with Crippen molar-refractivity contribution in [1.29, 1.82) is 0 Å². The van der Waals surface area contributed by atoms with Crippen LogP contribution in [0.4, 0.5) is 4.79 Å². The average Bonchev–Trinajstić information content (AvgIpc) is 3.29. The van der Waals surface area contributed by atoms with E-state index in [0.29, 0.717) is 13.2 Å². The fraction of sp³-hybridized carbons (Fsp3) is 0.419. The number of benzene rings is 2. The summed E-state index contributed by atoms with van der Waals surface area (Å²) in [7, 11) is -2.72. The summed E-state index contributed by atoms with van der Waals surface area (Å²) in [6, 6.07) is 25.2. The molecule has 0 bridgehead atoms. The molecule has 3 aromatic rings. The molecule has 1 saturated heterocycles. The van der Waals surface area contributed by atoms with E-state index in [0.717, 1.165) is 12.0 Å². The van der Waals surface area contributed by atoms with Gasteiger partial charge in [0.1, 0.15) is 5.60 Å². The van der Waals surface area contributed by atoms with Crippen molar-refractivity contribution in [2.75, 3.05) is 13.2 Å². The third-order valence-electron chi connectivity index (χ3n) is 7.11. The number of hydrogen-bond donors (Lipinski definition) is 0. The molecule has 2 atom stereocenters. The van der Waals surface area contributed by atoms with E-state index < -0.39 is 13.9 Å². The summed E-state index contributed by atoms with van der Waals surface area (Å²) < 4.78 is 13.1. The van der Waals surface area contributed by atoms with Crippen molar-refractivity contribution in [3.8, 4) is 0 Å². The first-order valence-electron chi connectivity index (χ1n) is 13.2. The number of nitrogens with zero attached hydrogens (tertiary/aromatic N) is 2. The van der Waals surface area contributed by atoms with Gasteiger partial charge in [0.2, 0.25) is 0 Å². The number of aromatic nitrogens is 1. The minimum Gasteiger partial charge on any atom is -0.444 e. The summed E-state index contributed by atoms with van der Waals surface area (Å²) in [5.41, 5.74) is 0.580. The first-order chi connectivity index (χ1) is 17.5. The standard InChI is InChI=1S/C31H40N2O3Si/c1-30(2,3)36-29(34)33-22-25(24-14-13-19-32-21-24)20-26(33)23-35-37(31(4,5)6,27-15-9-7-10-16-27)28-17-11-8-12-18-28/h7-19,21,25-26H,20,22-23H2,1-6H3/t25-,26-/m1/s1. The van der Waals surface area contributed by atoms with Gasteiger partial charge in [0.15, 0.2) is 0 Å². The average molecular weight is 517 g/mol. The van der Waals surface area contributed by atoms with E-state index in [1.54, 1.807) is 6.20 Å². The Labute approximate surface area is 223 Å². The van der Waals surface area contributed by atoms with E-state index >= 15 is 0 Å². The summed E-state index contributed by atoms with van der Waals surface area (Å²) in [6.45, 7) is 13.6. The van der Waals surface area contributed by atoms with Gasteiger partial charge >= 0.3 is 6.09 Å². The predicted octanol–water partition coefficient (Wildman–Crippen LogP) is 5.75. The first-order valence-corrected chi connectivity index (χ1v) is 15.1. The maximum absolute atomic E-state index is 13.4. The van der Waals surface area contributed by atoms with Crippen LogP contribution in [0.3, 0.4) is 0 Å². The monoisotopic (exact) mass is 516 g/mol. The van der Waals surface area contributed by atoms with Gasteiger partial charge in [-0.25, -0.2) is 4.79 Å². The van der Waals surface area contributed by atoms with Crippen LogP contribution in [0.1, 0.15) is 59.4 Å². The van der Waals surface area contributed by atoms with Gasteiger partial charge in [-0.3, -0.25) is 4.98 Å². The fourth-order valence-corrected chi connectivity index (χ4v) is 10.1. The van der Waals surface area contributed by atoms with Crippen LogP contribution in [-0.4, -0.2) is 49.1 Å². The summed E-state index contributed by atoms with van der Waals surface area (Å²) in [4.78, 5) is 19.6. The molecule has 0 aliphatic carbocycles. The van der Waals surface area contributed by atoms with Crippen molar-refractivity contribution in [1.82, 2.24) is 9.88 Å². The molecular formula is C31H40N2O3Si. The number of hydrogen-bond acceptors (Lipinski definition) is 4. The van der Waals surface area contributed by atoms with Gasteiger partial charge in [0, 0.05) is 24.9 Å². The Hall–Kier alpha value is -2.96. The molecule has 2 heterocycles. The number of likely N-dealkylation sites (tertiary alicyclic amines) is 1. The van der Waals surface area contributed by atoms with Crippen molar-refractivity contribution < 1.29 is 14.0 Å². The van der Waals surface area contributed by atoms with E-state index in [-0.39, 0.29) is 23.1 Å². The Kier molecular flexibility index (Phi) is 7.90. The van der Waals surface area contributed by atoms with Crippen molar-refractivity contribution in [3.63, 3.8) is 0 Å². The van der Waals surface area contributed by atoms with Gasteiger partial charge in [-0.05, 0) is 54.2 Å². The third kappa shape index (κ3) is 5.97. The van der Waals surface area contributed by atoms with Crippen LogP contribution in [-0.2, 0) is 9.16 Å². The summed E-state index contributed by atoms with van der Waals surface area (Å²) in [5.74, 6) is 0.189. The van der Waals surface area contributed by atoms with E-state index in [2.05, 4.69) is 92.5 Å². The Morgan fingerprint density at radius 2 is 1.51 bits per heavy atom. The molecule has 37 heavy (non-hydrogen) atoms. The van der Waals surface area contributed by atoms with Crippen LogP contribution in [0.15, 0.2) is 85.2 Å². The minimum atomic E-state index is -2.72. The molecule has 4 rings (SSSR count). The van der Waals surface area contributed by atoms with Gasteiger partial charge in [-0.1, -0.05) is 87.5 Å². The smallest absolute Gasteiger partial charge is 0.410 e. The maximum Gasteiger partial charge on any atom is 0.410 e. The van der Waals surface area contributed by atoms with Gasteiger partial charge in [-0.2, -0.15) is 0 Å². The molecule has 1 aromatic heterocycles. The Bertz CT molecular complexity index is 1120. The number of ether oxygens (including phenoxy) is 1. The highest BCUT2D eigenvalue weighted by molar-refractivity contribution is 6.99. The number of pyridine rings is 1. The Balaban J connectivity index is 1.70. The lowest BCUT2D eigenvalue weighted by atomic mass is 9.98. The Morgan fingerprint density at radius 1 is 0.919 bits per heavy atom. The summed E-state index contributed by atoms with van der Waals surface area (Å²) in [5, 5.41) is 2.34. The van der Waals surface area contributed by atoms with Gasteiger partial charge in [0.25, 0.3) is 8.32 Å². The van der Waals surface area contributed by atoms with Crippen LogP contribution in [0, 0.1) is 0 Å². The lowest BCUT2D eigenvalue weighted by Crippen LogP contribution is -2.67. The van der Waals surface area contributed by atoms with E-state index in [9.17, 15) is 4.79 Å². The molecule has 1 amide bonds. The normalized spacial score (nSPS) is 18.6. The number of rotatable bonds is 6. The zero-order valence-corrected chi connectivity index (χ0v) is 24.0. The minimum absolute atomic E-state index is 0.0956. The number of amides is 1. The molecule has 0 radical (unpaired) electrons. The first kappa shape index (κ1) is 27.1. The zero-order chi connectivity index (χ0) is 26.7. The van der Waals surface area contributed by atoms with Crippen LogP contribution in [0.5, 0.6) is 0 Å².